The maximum atomic E-state index is 13.1. The fourth-order valence-electron chi connectivity index (χ4n) is 6.51. The highest BCUT2D eigenvalue weighted by Crippen LogP contribution is 2.36. The van der Waals surface area contributed by atoms with Crippen molar-refractivity contribution >= 4 is 115 Å². The number of carbonyl (C=O) groups is 4. The number of pyridine rings is 2. The van der Waals surface area contributed by atoms with Crippen LogP contribution in [0.15, 0.2) is 134 Å². The number of anilines is 2. The molecule has 0 spiro atoms. The molecule has 8 rings (SSSR count). The zero-order chi connectivity index (χ0) is 43.2. The maximum absolute atomic E-state index is 13.1. The molecule has 0 saturated heterocycles. The number of Topliss-reactive ketones (excluding diaryl/α,β-unsaturated/α-hetero) is 2. The number of rotatable bonds is 11. The Morgan fingerprint density at radius 3 is 1.72 bits per heavy atom. The number of fused-ring (bicyclic) bond motifs is 2. The van der Waals surface area contributed by atoms with E-state index in [1.165, 1.54) is 19.5 Å². The number of benzene rings is 4. The van der Waals surface area contributed by atoms with Gasteiger partial charge in [-0.1, -0.05) is 94.4 Å². The SMILES string of the molecule is COc1ccc2c(c1)c(C(=O)C(=O)Nc1cccnc1)c(Cl)n2Cc1ccc(Cl)cc1Cl.O=C(Nc1cccnc1)C(=O)c1c(Cl)n(Cc2ccc(Cl)cc2)c2ccccc12. The minimum atomic E-state index is -0.828. The quantitative estimate of drug-likeness (QED) is 0.0973. The van der Waals surface area contributed by atoms with Crippen molar-refractivity contribution in [1.29, 1.82) is 0 Å². The smallest absolute Gasteiger partial charge is 0.296 e. The number of hydrogen-bond donors (Lipinski definition) is 2. The van der Waals surface area contributed by atoms with Crippen LogP contribution in [-0.2, 0) is 22.7 Å². The number of para-hydroxylation sites is 1. The van der Waals surface area contributed by atoms with Crippen molar-refractivity contribution in [1.82, 2.24) is 19.1 Å². The molecule has 4 aromatic carbocycles. The Balaban J connectivity index is 0.000000185. The molecular formula is C45H31Cl5N6O5. The van der Waals surface area contributed by atoms with Crippen molar-refractivity contribution in [2.45, 2.75) is 13.1 Å². The summed E-state index contributed by atoms with van der Waals surface area (Å²) in [5.41, 5.74) is 4.23. The van der Waals surface area contributed by atoms with E-state index in [1.54, 1.807) is 102 Å². The Bertz CT molecular complexity index is 2940. The van der Waals surface area contributed by atoms with E-state index < -0.39 is 23.4 Å². The summed E-state index contributed by atoms with van der Waals surface area (Å²) in [5, 5.41) is 8.17. The lowest BCUT2D eigenvalue weighted by Gasteiger charge is -2.10. The van der Waals surface area contributed by atoms with Crippen LogP contribution < -0.4 is 15.4 Å². The number of ketones is 2. The number of methoxy groups -OCH3 is 1. The summed E-state index contributed by atoms with van der Waals surface area (Å²) in [6.07, 6.45) is 6.06. The molecule has 61 heavy (non-hydrogen) atoms. The summed E-state index contributed by atoms with van der Waals surface area (Å²) in [7, 11) is 1.52. The van der Waals surface area contributed by atoms with Gasteiger partial charge in [0.15, 0.2) is 0 Å². The summed E-state index contributed by atoms with van der Waals surface area (Å²) >= 11 is 31.6. The summed E-state index contributed by atoms with van der Waals surface area (Å²) in [4.78, 5) is 59.2. The van der Waals surface area contributed by atoms with Gasteiger partial charge in [-0.15, -0.1) is 0 Å². The molecule has 2 N–H and O–H groups in total. The molecule has 306 valence electrons. The van der Waals surface area contributed by atoms with E-state index in [4.69, 9.17) is 62.7 Å². The minimum Gasteiger partial charge on any atom is -0.497 e. The van der Waals surface area contributed by atoms with Gasteiger partial charge in [-0.25, -0.2) is 0 Å². The predicted octanol–water partition coefficient (Wildman–Crippen LogP) is 11.1. The molecule has 2 amide bonds. The van der Waals surface area contributed by atoms with Gasteiger partial charge < -0.3 is 24.5 Å². The zero-order valence-corrected chi connectivity index (χ0v) is 35.6. The molecule has 0 unspecified atom stereocenters. The third-order valence-corrected chi connectivity index (χ3v) is 11.0. The lowest BCUT2D eigenvalue weighted by Crippen LogP contribution is -2.23. The molecule has 4 aromatic heterocycles. The van der Waals surface area contributed by atoms with E-state index in [-0.39, 0.29) is 28.0 Å². The van der Waals surface area contributed by atoms with Crippen LogP contribution in [0.4, 0.5) is 11.4 Å². The second-order valence-electron chi connectivity index (χ2n) is 13.3. The minimum absolute atomic E-state index is 0.0760. The Morgan fingerprint density at radius 2 is 1.15 bits per heavy atom. The zero-order valence-electron chi connectivity index (χ0n) is 31.8. The highest BCUT2D eigenvalue weighted by molar-refractivity contribution is 6.52. The normalized spacial score (nSPS) is 10.9. The molecular weight excluding hydrogens is 882 g/mol. The van der Waals surface area contributed by atoms with Gasteiger partial charge >= 0.3 is 0 Å². The molecule has 0 atom stereocenters. The van der Waals surface area contributed by atoms with Gasteiger partial charge in [0, 0.05) is 44.8 Å². The fraction of sp³-hybridized carbons (Fsp3) is 0.0667. The van der Waals surface area contributed by atoms with Gasteiger partial charge in [-0.05, 0) is 83.9 Å². The van der Waals surface area contributed by atoms with Crippen LogP contribution in [0.2, 0.25) is 25.4 Å². The molecule has 4 heterocycles. The van der Waals surface area contributed by atoms with Crippen molar-refractivity contribution in [2.75, 3.05) is 17.7 Å². The summed E-state index contributed by atoms with van der Waals surface area (Å²) < 4.78 is 8.83. The molecule has 16 heteroatoms. The van der Waals surface area contributed by atoms with Gasteiger partial charge in [-0.2, -0.15) is 0 Å². The first-order valence-electron chi connectivity index (χ1n) is 18.3. The number of halogens is 5. The largest absolute Gasteiger partial charge is 0.497 e. The van der Waals surface area contributed by atoms with Crippen molar-refractivity contribution in [3.8, 4) is 5.75 Å². The van der Waals surface area contributed by atoms with Crippen LogP contribution in [0, 0.1) is 0 Å². The number of carbonyl (C=O) groups excluding carboxylic acids is 4. The van der Waals surface area contributed by atoms with Crippen LogP contribution >= 0.6 is 58.0 Å². The van der Waals surface area contributed by atoms with E-state index >= 15 is 0 Å². The third-order valence-electron chi connectivity index (χ3n) is 9.42. The molecule has 0 bridgehead atoms. The third kappa shape index (κ3) is 9.57. The number of hydrogen-bond acceptors (Lipinski definition) is 7. The van der Waals surface area contributed by atoms with Crippen molar-refractivity contribution in [2.24, 2.45) is 0 Å². The second kappa shape index (κ2) is 19.0. The van der Waals surface area contributed by atoms with E-state index in [0.717, 1.165) is 16.6 Å². The van der Waals surface area contributed by atoms with Crippen molar-refractivity contribution in [3.63, 3.8) is 0 Å². The maximum Gasteiger partial charge on any atom is 0.296 e. The number of ether oxygens (including phenoxy) is 1. The van der Waals surface area contributed by atoms with Crippen LogP contribution in [-0.4, -0.2) is 49.6 Å². The fourth-order valence-corrected chi connectivity index (χ4v) is 7.78. The molecule has 11 nitrogen and oxygen atoms in total. The van der Waals surface area contributed by atoms with Crippen molar-refractivity contribution < 1.29 is 23.9 Å². The Kier molecular flexibility index (Phi) is 13.4. The van der Waals surface area contributed by atoms with E-state index in [1.807, 2.05) is 28.8 Å². The monoisotopic (exact) mass is 910 g/mol. The molecule has 0 fully saturated rings. The molecule has 0 aliphatic heterocycles. The molecule has 0 radical (unpaired) electrons. The average molecular weight is 913 g/mol. The number of nitrogens with one attached hydrogen (secondary N) is 2. The van der Waals surface area contributed by atoms with Crippen LogP contribution in [0.25, 0.3) is 21.8 Å². The molecule has 0 saturated carbocycles. The van der Waals surface area contributed by atoms with Gasteiger partial charge in [-0.3, -0.25) is 29.1 Å². The van der Waals surface area contributed by atoms with Gasteiger partial charge in [0.05, 0.1) is 59.6 Å². The first-order chi connectivity index (χ1) is 29.4. The van der Waals surface area contributed by atoms with Crippen LogP contribution in [0.3, 0.4) is 0 Å². The van der Waals surface area contributed by atoms with E-state index in [9.17, 15) is 19.2 Å². The summed E-state index contributed by atoms with van der Waals surface area (Å²) in [5.74, 6) is -2.55. The van der Waals surface area contributed by atoms with Gasteiger partial charge in [0.2, 0.25) is 0 Å². The molecule has 8 aromatic rings. The Labute approximate surface area is 373 Å². The highest BCUT2D eigenvalue weighted by atomic mass is 35.5. The lowest BCUT2D eigenvalue weighted by atomic mass is 10.1. The number of amides is 2. The summed E-state index contributed by atoms with van der Waals surface area (Å²) in [6.45, 7) is 0.711. The van der Waals surface area contributed by atoms with E-state index in [0.29, 0.717) is 55.0 Å². The van der Waals surface area contributed by atoms with Crippen LogP contribution in [0.5, 0.6) is 5.75 Å². The number of nitrogens with zero attached hydrogens (tertiary/aromatic N) is 4. The average Bonchev–Trinajstić information content (AvgIpc) is 3.70. The van der Waals surface area contributed by atoms with Crippen molar-refractivity contribution in [3.05, 3.63) is 182 Å². The predicted molar refractivity (Wildman–Crippen MR) is 241 cm³/mol. The summed E-state index contributed by atoms with van der Waals surface area (Å²) in [6, 6.07) is 31.7. The second-order valence-corrected chi connectivity index (χ2v) is 15.3. The molecule has 0 aliphatic carbocycles. The first-order valence-corrected chi connectivity index (χ1v) is 20.1. The highest BCUT2D eigenvalue weighted by Gasteiger charge is 2.28. The lowest BCUT2D eigenvalue weighted by molar-refractivity contribution is -0.113. The molecule has 0 aliphatic rings. The first kappa shape index (κ1) is 42.9. The standard InChI is InChI=1S/C23H16Cl3N3O3.C22H15Cl2N3O2/c1-32-16-6-7-19-17(10-16)20(21(30)23(31)28-15-3-2-8-27-11-15)22(26)29(19)12-13-4-5-14(24)9-18(13)25;23-15-9-7-14(8-10-15)13-27-18-6-2-1-5-17(18)19(21(27)24)20(28)22(29)26-16-4-3-11-25-12-16/h2-11H,12H2,1H3,(H,28,31);1-12H,13H2,(H,26,29). The Hall–Kier alpha value is -6.21. The topological polar surface area (TPSA) is 137 Å². The van der Waals surface area contributed by atoms with Crippen LogP contribution in [0.1, 0.15) is 31.8 Å². The van der Waals surface area contributed by atoms with E-state index in [2.05, 4.69) is 20.6 Å². The van der Waals surface area contributed by atoms with Gasteiger partial charge in [0.1, 0.15) is 16.1 Å². The Morgan fingerprint density at radius 1 is 0.590 bits per heavy atom. The van der Waals surface area contributed by atoms with Gasteiger partial charge in [0.25, 0.3) is 23.4 Å². The number of aromatic nitrogens is 4.